The molecule has 0 spiro atoms. The van der Waals surface area contributed by atoms with Gasteiger partial charge in [0.15, 0.2) is 0 Å². The van der Waals surface area contributed by atoms with E-state index in [-0.39, 0.29) is 11.7 Å². The fourth-order valence-electron chi connectivity index (χ4n) is 0.905. The van der Waals surface area contributed by atoms with E-state index in [2.05, 4.69) is 9.50 Å². The normalized spacial score (nSPS) is 19.6. The maximum atomic E-state index is 11.0. The highest BCUT2D eigenvalue weighted by Crippen LogP contribution is 2.13. The van der Waals surface area contributed by atoms with Crippen LogP contribution in [0.2, 0.25) is 0 Å². The first-order chi connectivity index (χ1) is 5.49. The summed E-state index contributed by atoms with van der Waals surface area (Å²) in [5.41, 5.74) is 0. The number of hydrogen-bond acceptors (Lipinski definition) is 4. The smallest absolute Gasteiger partial charge is 0.270 e. The molecule has 0 radical (unpaired) electrons. The van der Waals surface area contributed by atoms with Gasteiger partial charge in [-0.1, -0.05) is 23.2 Å². The highest BCUT2D eigenvalue weighted by molar-refractivity contribution is 7.86. The van der Waals surface area contributed by atoms with E-state index in [1.807, 2.05) is 0 Å². The van der Waals surface area contributed by atoms with Crippen LogP contribution < -0.4 is 5.32 Å². The summed E-state index contributed by atoms with van der Waals surface area (Å²) < 4.78 is 26.4. The van der Waals surface area contributed by atoms with Gasteiger partial charge in [0.1, 0.15) is 0 Å². The Kier molecular flexibility index (Phi) is 3.60. The van der Waals surface area contributed by atoms with Crippen molar-refractivity contribution in [2.75, 3.05) is 18.8 Å². The molecule has 4 nitrogen and oxygen atoms in total. The lowest BCUT2D eigenvalue weighted by Gasteiger charge is -2.26. The fraction of sp³-hybridized carbons (Fsp3) is 1.00. The Labute approximate surface area is 81.3 Å². The first-order valence-corrected chi connectivity index (χ1v) is 5.84. The molecule has 0 bridgehead atoms. The Bertz CT molecular complexity index is 237. The SMILES string of the molecule is O=S(=O)(CC1CNC1)OC(Cl)Cl. The molecule has 1 heterocycles. The zero-order valence-electron chi connectivity index (χ0n) is 6.16. The van der Waals surface area contributed by atoms with Gasteiger partial charge in [0.25, 0.3) is 10.1 Å². The van der Waals surface area contributed by atoms with Crippen molar-refractivity contribution in [1.29, 1.82) is 0 Å². The maximum absolute atomic E-state index is 11.0. The maximum Gasteiger partial charge on any atom is 0.270 e. The van der Waals surface area contributed by atoms with Gasteiger partial charge in [-0.2, -0.15) is 8.42 Å². The van der Waals surface area contributed by atoms with Gasteiger partial charge in [0.2, 0.25) is 5.02 Å². The molecular formula is C5H9Cl2NO3S. The number of rotatable bonds is 4. The van der Waals surface area contributed by atoms with Gasteiger partial charge >= 0.3 is 0 Å². The number of nitrogens with one attached hydrogen (secondary N) is 1. The molecule has 1 rings (SSSR count). The highest BCUT2D eigenvalue weighted by Gasteiger charge is 2.26. The van der Waals surface area contributed by atoms with Crippen LogP contribution >= 0.6 is 23.2 Å². The van der Waals surface area contributed by atoms with E-state index in [0.29, 0.717) is 13.1 Å². The molecule has 0 aromatic heterocycles. The molecule has 0 aromatic rings. The second kappa shape index (κ2) is 4.11. The molecule has 7 heteroatoms. The largest absolute Gasteiger partial charge is 0.316 e. The van der Waals surface area contributed by atoms with E-state index in [9.17, 15) is 8.42 Å². The molecule has 0 amide bonds. The Morgan fingerprint density at radius 3 is 2.42 bits per heavy atom. The predicted octanol–water partition coefficient (Wildman–Crippen LogP) is 0.313. The minimum absolute atomic E-state index is 0.0179. The van der Waals surface area contributed by atoms with E-state index in [4.69, 9.17) is 23.2 Å². The summed E-state index contributed by atoms with van der Waals surface area (Å²) in [5.74, 6) is 0.109. The summed E-state index contributed by atoms with van der Waals surface area (Å²) in [6, 6.07) is 0. The minimum atomic E-state index is -3.54. The summed E-state index contributed by atoms with van der Waals surface area (Å²) in [7, 11) is -3.54. The van der Waals surface area contributed by atoms with E-state index >= 15 is 0 Å². The van der Waals surface area contributed by atoms with Crippen molar-refractivity contribution in [1.82, 2.24) is 5.32 Å². The van der Waals surface area contributed by atoms with Crippen molar-refractivity contribution < 1.29 is 12.6 Å². The van der Waals surface area contributed by atoms with Crippen molar-refractivity contribution in [3.05, 3.63) is 0 Å². The zero-order chi connectivity index (χ0) is 9.19. The third-order valence-corrected chi connectivity index (χ3v) is 3.28. The average Bonchev–Trinajstić information content (AvgIpc) is 1.76. The zero-order valence-corrected chi connectivity index (χ0v) is 8.49. The molecule has 0 unspecified atom stereocenters. The number of halogens is 2. The van der Waals surface area contributed by atoms with Gasteiger partial charge in [-0.15, -0.1) is 0 Å². The Hall–Kier alpha value is 0.450. The molecule has 1 saturated heterocycles. The summed E-state index contributed by atoms with van der Waals surface area (Å²) in [5, 5.41) is 1.65. The predicted molar refractivity (Wildman–Crippen MR) is 46.7 cm³/mol. The Morgan fingerprint density at radius 1 is 1.50 bits per heavy atom. The van der Waals surface area contributed by atoms with E-state index in [1.165, 1.54) is 0 Å². The van der Waals surface area contributed by atoms with Crippen molar-refractivity contribution in [3.8, 4) is 0 Å². The van der Waals surface area contributed by atoms with Gasteiger partial charge < -0.3 is 5.32 Å². The summed E-state index contributed by atoms with van der Waals surface area (Å²) >= 11 is 10.3. The van der Waals surface area contributed by atoms with Crippen LogP contribution in [-0.4, -0.2) is 32.3 Å². The van der Waals surface area contributed by atoms with Crippen molar-refractivity contribution in [3.63, 3.8) is 0 Å². The van der Waals surface area contributed by atoms with Crippen molar-refractivity contribution in [2.24, 2.45) is 5.92 Å². The molecular weight excluding hydrogens is 225 g/mol. The van der Waals surface area contributed by atoms with Crippen LogP contribution in [0, 0.1) is 5.92 Å². The first kappa shape index (κ1) is 10.5. The van der Waals surface area contributed by atoms with Crippen LogP contribution in [-0.2, 0) is 14.3 Å². The van der Waals surface area contributed by atoms with Gasteiger partial charge in [0.05, 0.1) is 5.75 Å². The summed E-state index contributed by atoms with van der Waals surface area (Å²) in [6.07, 6.45) is 0. The quantitative estimate of drug-likeness (QED) is 0.562. The Morgan fingerprint density at radius 2 is 2.08 bits per heavy atom. The van der Waals surface area contributed by atoms with Gasteiger partial charge in [-0.25, -0.2) is 4.18 Å². The number of hydrogen-bond donors (Lipinski definition) is 1. The second-order valence-corrected chi connectivity index (χ2v) is 5.26. The lowest BCUT2D eigenvalue weighted by molar-refractivity contribution is 0.324. The van der Waals surface area contributed by atoms with E-state index in [1.54, 1.807) is 0 Å². The molecule has 0 aliphatic carbocycles. The molecule has 0 atom stereocenters. The standard InChI is InChI=1S/C5H9Cl2NO3S/c6-5(7)11-12(9,10)3-4-1-8-2-4/h4-5,8H,1-3H2. The molecule has 1 fully saturated rings. The topological polar surface area (TPSA) is 55.4 Å². The Balaban J connectivity index is 2.37. The van der Waals surface area contributed by atoms with E-state index in [0.717, 1.165) is 0 Å². The van der Waals surface area contributed by atoms with Crippen LogP contribution in [0.5, 0.6) is 0 Å². The summed E-state index contributed by atoms with van der Waals surface area (Å²) in [6.45, 7) is 1.41. The first-order valence-electron chi connectivity index (χ1n) is 3.39. The van der Waals surface area contributed by atoms with Gasteiger partial charge in [-0.05, 0) is 0 Å². The highest BCUT2D eigenvalue weighted by atomic mass is 35.5. The lowest BCUT2D eigenvalue weighted by atomic mass is 10.1. The third kappa shape index (κ3) is 3.45. The van der Waals surface area contributed by atoms with Gasteiger partial charge in [-0.3, -0.25) is 0 Å². The van der Waals surface area contributed by atoms with Crippen molar-refractivity contribution >= 4 is 33.3 Å². The van der Waals surface area contributed by atoms with Crippen LogP contribution in [0.1, 0.15) is 0 Å². The molecule has 1 aliphatic rings. The second-order valence-electron chi connectivity index (χ2n) is 2.61. The molecule has 1 N–H and O–H groups in total. The van der Waals surface area contributed by atoms with Crippen LogP contribution in [0.25, 0.3) is 0 Å². The van der Waals surface area contributed by atoms with Crippen LogP contribution in [0.4, 0.5) is 0 Å². The molecule has 1 aliphatic heterocycles. The molecule has 72 valence electrons. The third-order valence-electron chi connectivity index (χ3n) is 1.53. The molecule has 0 saturated carbocycles. The van der Waals surface area contributed by atoms with Crippen LogP contribution in [0.3, 0.4) is 0 Å². The average molecular weight is 234 g/mol. The molecule has 0 aromatic carbocycles. The van der Waals surface area contributed by atoms with Crippen molar-refractivity contribution in [2.45, 2.75) is 5.02 Å². The monoisotopic (exact) mass is 233 g/mol. The fourth-order valence-corrected chi connectivity index (χ4v) is 2.68. The van der Waals surface area contributed by atoms with Gasteiger partial charge in [0, 0.05) is 19.0 Å². The molecule has 12 heavy (non-hydrogen) atoms. The van der Waals surface area contributed by atoms with E-state index < -0.39 is 15.1 Å². The number of alkyl halides is 2. The minimum Gasteiger partial charge on any atom is -0.316 e. The lowest BCUT2D eigenvalue weighted by Crippen LogP contribution is -2.45. The van der Waals surface area contributed by atoms with Crippen LogP contribution in [0.15, 0.2) is 0 Å². The summed E-state index contributed by atoms with van der Waals surface area (Å²) in [4.78, 5) is 0.